The number of dihydropyridines is 1. The summed E-state index contributed by atoms with van der Waals surface area (Å²) in [6.07, 6.45) is 10.0. The van der Waals surface area contributed by atoms with E-state index in [-0.39, 0.29) is 29.7 Å². The maximum Gasteiger partial charge on any atom is 0.230 e. The summed E-state index contributed by atoms with van der Waals surface area (Å²) in [5.74, 6) is 1.25. The average Bonchev–Trinajstić information content (AvgIpc) is 3.58. The second-order valence-electron chi connectivity index (χ2n) is 12.4. The van der Waals surface area contributed by atoms with Gasteiger partial charge in [-0.15, -0.1) is 0 Å². The number of nitrogens with one attached hydrogen (secondary N) is 3. The summed E-state index contributed by atoms with van der Waals surface area (Å²) in [4.78, 5) is 32.8. The van der Waals surface area contributed by atoms with Crippen LogP contribution in [0, 0.1) is 11.8 Å². The first-order valence-electron chi connectivity index (χ1n) is 15.7. The Labute approximate surface area is 245 Å². The van der Waals surface area contributed by atoms with Crippen molar-refractivity contribution in [1.82, 2.24) is 25.8 Å². The number of nitrogens with two attached hydrogens (primary N) is 1. The number of hydrogen-bond acceptors (Lipinski definition) is 8. The topological polar surface area (TPSA) is 115 Å². The van der Waals surface area contributed by atoms with Gasteiger partial charge >= 0.3 is 0 Å². The number of fused-ring (bicyclic) bond motifs is 1. The van der Waals surface area contributed by atoms with Crippen LogP contribution in [0.4, 0.5) is 0 Å². The normalized spacial score (nSPS) is 26.3. The zero-order valence-electron chi connectivity index (χ0n) is 25.0. The third-order valence-corrected chi connectivity index (χ3v) is 9.37. The number of carbonyl (C=O) groups excluding carboxylic acids is 2. The Morgan fingerprint density at radius 3 is 2.37 bits per heavy atom. The molecular formula is C32H49N7O2. The van der Waals surface area contributed by atoms with Gasteiger partial charge in [-0.2, -0.15) is 0 Å². The number of Topliss-reactive ketones (excluding diaryl/α,β-unsaturated/α-hetero) is 1. The molecule has 4 aliphatic rings. The minimum atomic E-state index is -0.373. The van der Waals surface area contributed by atoms with E-state index in [9.17, 15) is 9.59 Å². The maximum atomic E-state index is 12.3. The molecule has 2 aliphatic heterocycles. The molecule has 0 aromatic heterocycles. The zero-order chi connectivity index (χ0) is 28.8. The average molecular weight is 564 g/mol. The molecule has 224 valence electrons. The van der Waals surface area contributed by atoms with Crippen molar-refractivity contribution in [3.8, 4) is 0 Å². The molecule has 2 heterocycles. The highest BCUT2D eigenvalue weighted by atomic mass is 16.2. The minimum Gasteiger partial charge on any atom is -0.402 e. The van der Waals surface area contributed by atoms with Gasteiger partial charge in [0.05, 0.1) is 6.42 Å². The number of benzene rings is 1. The van der Waals surface area contributed by atoms with E-state index in [2.05, 4.69) is 52.0 Å². The van der Waals surface area contributed by atoms with Gasteiger partial charge in [0.25, 0.3) is 0 Å². The molecule has 1 amide bonds. The number of ketones is 1. The van der Waals surface area contributed by atoms with Crippen molar-refractivity contribution in [1.29, 1.82) is 0 Å². The Bertz CT molecular complexity index is 1120. The van der Waals surface area contributed by atoms with Crippen molar-refractivity contribution in [2.24, 2.45) is 22.6 Å². The van der Waals surface area contributed by atoms with Gasteiger partial charge in [0.15, 0.2) is 0 Å². The second kappa shape index (κ2) is 13.5. The van der Waals surface area contributed by atoms with Gasteiger partial charge in [-0.3, -0.25) is 14.9 Å². The van der Waals surface area contributed by atoms with Crippen LogP contribution in [0.5, 0.6) is 0 Å². The SMILES string of the molecule is CC(=O)CC(=O)N1CCN(C2=NC3(NCc4ccc(CNCCCNC5CCCCC5)cc4)C(C)C3C(N)=C2)CC1. The van der Waals surface area contributed by atoms with Crippen LogP contribution in [0.3, 0.4) is 0 Å². The lowest BCUT2D eigenvalue weighted by Crippen LogP contribution is -2.51. The Morgan fingerprint density at radius 1 is 1.00 bits per heavy atom. The predicted molar refractivity (Wildman–Crippen MR) is 163 cm³/mol. The standard InChI is InChI=1S/C32H49N7O2/c1-23(40)19-30(41)39-17-15-38(16-18-39)29-20-28(33)31-24(2)32(31,37-29)36-22-26-11-9-25(10-12-26)21-34-13-6-14-35-27-7-4-3-5-8-27/h9-12,20,24,27,31,34-36H,3-8,13-19,21-22,33H2,1-2H3. The third kappa shape index (κ3) is 7.37. The number of rotatable bonds is 12. The first kappa shape index (κ1) is 29.7. The molecule has 0 spiro atoms. The minimum absolute atomic E-state index is 0.0183. The number of amides is 1. The van der Waals surface area contributed by atoms with E-state index in [1.807, 2.05) is 6.08 Å². The first-order valence-corrected chi connectivity index (χ1v) is 15.7. The second-order valence-corrected chi connectivity index (χ2v) is 12.4. The smallest absolute Gasteiger partial charge is 0.230 e. The van der Waals surface area contributed by atoms with Gasteiger partial charge in [0.1, 0.15) is 17.3 Å². The molecular weight excluding hydrogens is 514 g/mol. The molecule has 2 saturated carbocycles. The highest BCUT2D eigenvalue weighted by Gasteiger charge is 2.65. The fraction of sp³-hybridized carbons (Fsp3) is 0.656. The van der Waals surface area contributed by atoms with Gasteiger partial charge in [0.2, 0.25) is 5.91 Å². The van der Waals surface area contributed by atoms with Crippen molar-refractivity contribution in [3.63, 3.8) is 0 Å². The fourth-order valence-electron chi connectivity index (χ4n) is 6.78. The molecule has 9 nitrogen and oxygen atoms in total. The van der Waals surface area contributed by atoms with Crippen LogP contribution in [-0.4, -0.2) is 78.3 Å². The van der Waals surface area contributed by atoms with Gasteiger partial charge in [-0.25, -0.2) is 4.99 Å². The zero-order valence-corrected chi connectivity index (χ0v) is 25.0. The van der Waals surface area contributed by atoms with Crippen LogP contribution in [-0.2, 0) is 22.7 Å². The highest BCUT2D eigenvalue weighted by molar-refractivity contribution is 5.97. The summed E-state index contributed by atoms with van der Waals surface area (Å²) in [5, 5.41) is 11.0. The molecule has 0 bridgehead atoms. The van der Waals surface area contributed by atoms with Gasteiger partial charge in [0, 0.05) is 62.8 Å². The van der Waals surface area contributed by atoms with Gasteiger partial charge in [-0.05, 0) is 56.5 Å². The molecule has 3 atom stereocenters. The predicted octanol–water partition coefficient (Wildman–Crippen LogP) is 2.52. The summed E-state index contributed by atoms with van der Waals surface area (Å²) >= 11 is 0. The molecule has 3 unspecified atom stereocenters. The lowest BCUT2D eigenvalue weighted by molar-refractivity contribution is -0.135. The number of carbonyl (C=O) groups is 2. The van der Waals surface area contributed by atoms with Crippen molar-refractivity contribution < 1.29 is 9.59 Å². The van der Waals surface area contributed by atoms with Crippen LogP contribution >= 0.6 is 0 Å². The number of piperazine rings is 1. The summed E-state index contributed by atoms with van der Waals surface area (Å²) in [6.45, 7) is 10.00. The van der Waals surface area contributed by atoms with E-state index < -0.39 is 0 Å². The van der Waals surface area contributed by atoms with Crippen LogP contribution in [0.15, 0.2) is 41.0 Å². The largest absolute Gasteiger partial charge is 0.402 e. The van der Waals surface area contributed by atoms with E-state index in [0.29, 0.717) is 32.1 Å². The van der Waals surface area contributed by atoms with E-state index in [0.717, 1.165) is 50.2 Å². The van der Waals surface area contributed by atoms with Crippen molar-refractivity contribution in [3.05, 3.63) is 47.2 Å². The molecule has 5 N–H and O–H groups in total. The molecule has 3 fully saturated rings. The molecule has 5 rings (SSSR count). The van der Waals surface area contributed by atoms with Crippen LogP contribution < -0.4 is 21.7 Å². The molecule has 2 aliphatic carbocycles. The summed E-state index contributed by atoms with van der Waals surface area (Å²) < 4.78 is 0. The molecule has 1 aromatic rings. The Kier molecular flexibility index (Phi) is 9.78. The van der Waals surface area contributed by atoms with Crippen LogP contribution in [0.1, 0.15) is 69.9 Å². The van der Waals surface area contributed by atoms with Crippen molar-refractivity contribution in [2.45, 2.75) is 83.6 Å². The van der Waals surface area contributed by atoms with Crippen LogP contribution in [0.2, 0.25) is 0 Å². The van der Waals surface area contributed by atoms with E-state index in [1.54, 1.807) is 4.90 Å². The Hall–Kier alpha value is -2.75. The Morgan fingerprint density at radius 2 is 1.68 bits per heavy atom. The number of hydrogen-bond donors (Lipinski definition) is 4. The lowest BCUT2D eigenvalue weighted by atomic mass is 9.95. The van der Waals surface area contributed by atoms with E-state index in [1.165, 1.54) is 50.2 Å². The van der Waals surface area contributed by atoms with E-state index >= 15 is 0 Å². The number of amidine groups is 1. The molecule has 0 radical (unpaired) electrons. The summed E-state index contributed by atoms with van der Waals surface area (Å²) in [6, 6.07) is 9.58. The summed E-state index contributed by atoms with van der Waals surface area (Å²) in [7, 11) is 0. The fourth-order valence-corrected chi connectivity index (χ4v) is 6.78. The number of nitrogens with zero attached hydrogens (tertiary/aromatic N) is 3. The van der Waals surface area contributed by atoms with Crippen LogP contribution in [0.25, 0.3) is 0 Å². The summed E-state index contributed by atoms with van der Waals surface area (Å²) in [5.41, 5.74) is 9.57. The molecule has 9 heteroatoms. The Balaban J connectivity index is 1.06. The lowest BCUT2D eigenvalue weighted by Gasteiger charge is -2.37. The molecule has 41 heavy (non-hydrogen) atoms. The van der Waals surface area contributed by atoms with Crippen molar-refractivity contribution >= 4 is 17.5 Å². The number of aliphatic imine (C=N–C) groups is 1. The third-order valence-electron chi connectivity index (χ3n) is 9.37. The maximum absolute atomic E-state index is 12.3. The van der Waals surface area contributed by atoms with Gasteiger partial charge in [-0.1, -0.05) is 50.5 Å². The van der Waals surface area contributed by atoms with Crippen molar-refractivity contribution in [2.75, 3.05) is 39.3 Å². The highest BCUT2D eigenvalue weighted by Crippen LogP contribution is 2.56. The first-order chi connectivity index (χ1) is 19.9. The van der Waals surface area contributed by atoms with Gasteiger partial charge < -0.3 is 26.2 Å². The van der Waals surface area contributed by atoms with E-state index in [4.69, 9.17) is 10.7 Å². The molecule has 1 aromatic carbocycles. The quantitative estimate of drug-likeness (QED) is 0.228. The monoisotopic (exact) mass is 563 g/mol. The molecule has 1 saturated heterocycles.